The lowest BCUT2D eigenvalue weighted by Crippen LogP contribution is -2.28. The van der Waals surface area contributed by atoms with Gasteiger partial charge in [-0.3, -0.25) is 0 Å². The second-order valence-electron chi connectivity index (χ2n) is 4.35. The molecule has 0 aromatic rings. The summed E-state index contributed by atoms with van der Waals surface area (Å²) in [5, 5.41) is 0. The first-order valence-electron chi connectivity index (χ1n) is 4.19. The first-order chi connectivity index (χ1) is 5.12. The molecule has 3 heteroatoms. The molecule has 12 heavy (non-hydrogen) atoms. The highest BCUT2D eigenvalue weighted by Crippen LogP contribution is 2.34. The van der Waals surface area contributed by atoms with Crippen LogP contribution in [-0.4, -0.2) is 10.8 Å². The van der Waals surface area contributed by atoms with Crippen molar-refractivity contribution >= 4 is 11.6 Å². The van der Waals surface area contributed by atoms with Crippen LogP contribution in [0.2, 0.25) is 0 Å². The Morgan fingerprint density at radius 1 is 1.25 bits per heavy atom. The van der Waals surface area contributed by atoms with E-state index < -0.39 is 10.8 Å². The van der Waals surface area contributed by atoms with Crippen molar-refractivity contribution in [3.63, 3.8) is 0 Å². The third kappa shape index (κ3) is 6.84. The highest BCUT2D eigenvalue weighted by molar-refractivity contribution is 6.23. The Morgan fingerprint density at radius 3 is 1.92 bits per heavy atom. The highest BCUT2D eigenvalue weighted by Gasteiger charge is 2.35. The van der Waals surface area contributed by atoms with Crippen LogP contribution in [-0.2, 0) is 0 Å². The SMILES string of the molecule is CC(C)CC(F)(F)CC(C)(C)Cl. The van der Waals surface area contributed by atoms with Crippen molar-refractivity contribution in [1.82, 2.24) is 0 Å². The van der Waals surface area contributed by atoms with Crippen LogP contribution in [0.1, 0.15) is 40.5 Å². The molecule has 0 bridgehead atoms. The summed E-state index contributed by atoms with van der Waals surface area (Å²) in [6.07, 6.45) is -0.330. The predicted molar refractivity (Wildman–Crippen MR) is 49.0 cm³/mol. The molecule has 0 aliphatic heterocycles. The minimum atomic E-state index is -2.63. The Bertz CT molecular complexity index is 136. The van der Waals surface area contributed by atoms with Crippen LogP contribution in [0.3, 0.4) is 0 Å². The maximum Gasteiger partial charge on any atom is 0.250 e. The third-order valence-electron chi connectivity index (χ3n) is 1.39. The second-order valence-corrected chi connectivity index (χ2v) is 5.37. The normalized spacial score (nSPS) is 14.0. The summed E-state index contributed by atoms with van der Waals surface area (Å²) in [4.78, 5) is -0.807. The molecule has 0 saturated carbocycles. The molecule has 0 aliphatic carbocycles. The van der Waals surface area contributed by atoms with E-state index in [1.807, 2.05) is 0 Å². The lowest BCUT2D eigenvalue weighted by atomic mass is 9.96. The van der Waals surface area contributed by atoms with E-state index in [0.717, 1.165) is 0 Å². The standard InChI is InChI=1S/C9H17ClF2/c1-7(2)5-9(11,12)6-8(3,4)10/h7H,5-6H2,1-4H3. The minimum absolute atomic E-state index is 0.0130. The van der Waals surface area contributed by atoms with Crippen molar-refractivity contribution < 1.29 is 8.78 Å². The monoisotopic (exact) mass is 198 g/mol. The molecule has 0 heterocycles. The van der Waals surface area contributed by atoms with Gasteiger partial charge in [-0.05, 0) is 19.8 Å². The van der Waals surface area contributed by atoms with E-state index in [0.29, 0.717) is 0 Å². The Morgan fingerprint density at radius 2 is 1.67 bits per heavy atom. The van der Waals surface area contributed by atoms with Crippen LogP contribution in [0, 0.1) is 5.92 Å². The van der Waals surface area contributed by atoms with Gasteiger partial charge in [-0.15, -0.1) is 11.6 Å². The Balaban J connectivity index is 4.04. The molecule has 0 fully saturated rings. The summed E-state index contributed by atoms with van der Waals surface area (Å²) >= 11 is 5.72. The fraction of sp³-hybridized carbons (Fsp3) is 1.00. The van der Waals surface area contributed by atoms with E-state index >= 15 is 0 Å². The molecule has 0 saturated heterocycles. The van der Waals surface area contributed by atoms with Crippen LogP contribution >= 0.6 is 11.6 Å². The molecule has 0 atom stereocenters. The van der Waals surface area contributed by atoms with Crippen molar-refractivity contribution in [1.29, 1.82) is 0 Å². The Hall–Kier alpha value is 0.150. The van der Waals surface area contributed by atoms with E-state index in [2.05, 4.69) is 0 Å². The second kappa shape index (κ2) is 3.91. The van der Waals surface area contributed by atoms with Gasteiger partial charge in [0.05, 0.1) is 0 Å². The molecule has 0 spiro atoms. The van der Waals surface area contributed by atoms with E-state index in [-0.39, 0.29) is 18.8 Å². The van der Waals surface area contributed by atoms with Gasteiger partial charge in [0.15, 0.2) is 0 Å². The van der Waals surface area contributed by atoms with Crippen LogP contribution < -0.4 is 0 Å². The van der Waals surface area contributed by atoms with Gasteiger partial charge < -0.3 is 0 Å². The van der Waals surface area contributed by atoms with Gasteiger partial charge in [-0.2, -0.15) is 0 Å². The topological polar surface area (TPSA) is 0 Å². The summed E-state index contributed by atoms with van der Waals surface area (Å²) in [6, 6.07) is 0. The zero-order valence-corrected chi connectivity index (χ0v) is 8.88. The van der Waals surface area contributed by atoms with Crippen molar-refractivity contribution in [2.75, 3.05) is 0 Å². The highest BCUT2D eigenvalue weighted by atomic mass is 35.5. The van der Waals surface area contributed by atoms with E-state index in [1.165, 1.54) is 0 Å². The molecule has 0 amide bonds. The van der Waals surface area contributed by atoms with E-state index in [9.17, 15) is 8.78 Å². The first kappa shape index (κ1) is 12.2. The maximum atomic E-state index is 13.1. The summed E-state index contributed by atoms with van der Waals surface area (Å²) in [6.45, 7) is 6.80. The quantitative estimate of drug-likeness (QED) is 0.598. The molecular formula is C9H17ClF2. The number of alkyl halides is 3. The molecule has 0 radical (unpaired) electrons. The van der Waals surface area contributed by atoms with Gasteiger partial charge in [0.25, 0.3) is 0 Å². The molecule has 0 aliphatic rings. The summed E-state index contributed by atoms with van der Waals surface area (Å²) in [5.74, 6) is -2.61. The molecule has 0 N–H and O–H groups in total. The van der Waals surface area contributed by atoms with Crippen LogP contribution in [0.5, 0.6) is 0 Å². The zero-order valence-electron chi connectivity index (χ0n) is 8.13. The van der Waals surface area contributed by atoms with Crippen LogP contribution in [0.4, 0.5) is 8.78 Å². The summed E-state index contributed by atoms with van der Waals surface area (Å²) in [5.41, 5.74) is 0. The van der Waals surface area contributed by atoms with Crippen molar-refractivity contribution in [2.24, 2.45) is 5.92 Å². The molecule has 0 aromatic carbocycles. The van der Waals surface area contributed by atoms with Gasteiger partial charge in [0, 0.05) is 17.7 Å². The summed E-state index contributed by atoms with van der Waals surface area (Å²) in [7, 11) is 0. The van der Waals surface area contributed by atoms with E-state index in [1.54, 1.807) is 27.7 Å². The smallest absolute Gasteiger partial charge is 0.207 e. The Kier molecular flexibility index (Phi) is 3.95. The number of hydrogen-bond acceptors (Lipinski definition) is 0. The first-order valence-corrected chi connectivity index (χ1v) is 4.57. The minimum Gasteiger partial charge on any atom is -0.207 e. The molecule has 0 aromatic heterocycles. The van der Waals surface area contributed by atoms with E-state index in [4.69, 9.17) is 11.6 Å². The van der Waals surface area contributed by atoms with Gasteiger partial charge in [-0.1, -0.05) is 13.8 Å². The molecule has 74 valence electrons. The predicted octanol–water partition coefficient (Wildman–Crippen LogP) is 4.08. The summed E-state index contributed by atoms with van der Waals surface area (Å²) < 4.78 is 26.2. The van der Waals surface area contributed by atoms with Gasteiger partial charge in [-0.25, -0.2) is 8.78 Å². The Labute approximate surface area is 78.3 Å². The van der Waals surface area contributed by atoms with Crippen molar-refractivity contribution in [3.05, 3.63) is 0 Å². The fourth-order valence-electron chi connectivity index (χ4n) is 1.28. The maximum absolute atomic E-state index is 13.1. The van der Waals surface area contributed by atoms with Crippen molar-refractivity contribution in [3.8, 4) is 0 Å². The lowest BCUT2D eigenvalue weighted by Gasteiger charge is -2.25. The third-order valence-corrected chi connectivity index (χ3v) is 1.52. The van der Waals surface area contributed by atoms with Crippen LogP contribution in [0.15, 0.2) is 0 Å². The largest absolute Gasteiger partial charge is 0.250 e. The lowest BCUT2D eigenvalue weighted by molar-refractivity contribution is -0.0339. The van der Waals surface area contributed by atoms with Gasteiger partial charge in [0.2, 0.25) is 5.92 Å². The molecule has 0 unspecified atom stereocenters. The molecule has 0 nitrogen and oxygen atoms in total. The molecule has 0 rings (SSSR count). The average molecular weight is 199 g/mol. The number of rotatable bonds is 4. The van der Waals surface area contributed by atoms with Gasteiger partial charge in [0.1, 0.15) is 0 Å². The average Bonchev–Trinajstić information content (AvgIpc) is 1.48. The molecular weight excluding hydrogens is 182 g/mol. The number of hydrogen-bond donors (Lipinski definition) is 0. The van der Waals surface area contributed by atoms with Gasteiger partial charge >= 0.3 is 0 Å². The van der Waals surface area contributed by atoms with Crippen LogP contribution in [0.25, 0.3) is 0 Å². The van der Waals surface area contributed by atoms with Crippen molar-refractivity contribution in [2.45, 2.75) is 51.3 Å². The zero-order chi connectivity index (χ0) is 9.99. The fourth-order valence-corrected chi connectivity index (χ4v) is 1.48. The number of halogens is 3.